The second-order valence-electron chi connectivity index (χ2n) is 7.48. The summed E-state index contributed by atoms with van der Waals surface area (Å²) < 4.78 is 18.7. The molecular formula is C21H23ClFN3O2. The first kappa shape index (κ1) is 19.0. The van der Waals surface area contributed by atoms with E-state index in [1.165, 1.54) is 12.1 Å². The maximum atomic E-state index is 13.1. The molecule has 2 atom stereocenters. The molecule has 0 aliphatic carbocycles. The van der Waals surface area contributed by atoms with Gasteiger partial charge in [-0.3, -0.25) is 9.69 Å². The minimum absolute atomic E-state index is 0.0201. The van der Waals surface area contributed by atoms with Gasteiger partial charge in [-0.2, -0.15) is 0 Å². The summed E-state index contributed by atoms with van der Waals surface area (Å²) in [5.74, 6) is 0.191. The fourth-order valence-electron chi connectivity index (χ4n) is 4.22. The van der Waals surface area contributed by atoms with Crippen LogP contribution in [0.5, 0.6) is 5.75 Å². The van der Waals surface area contributed by atoms with Gasteiger partial charge in [0.2, 0.25) is 0 Å². The molecule has 2 aromatic rings. The molecule has 5 nitrogen and oxygen atoms in total. The minimum atomic E-state index is -0.223. The Bertz CT molecular complexity index is 847. The molecule has 2 fully saturated rings. The van der Waals surface area contributed by atoms with Gasteiger partial charge in [-0.25, -0.2) is 4.39 Å². The number of benzene rings is 2. The number of fused-ring (bicyclic) bond motifs is 2. The fourth-order valence-corrected chi connectivity index (χ4v) is 4.38. The Labute approximate surface area is 168 Å². The number of rotatable bonds is 5. The molecule has 2 bridgehead atoms. The summed E-state index contributed by atoms with van der Waals surface area (Å²) in [6, 6.07) is 12.0. The monoisotopic (exact) mass is 403 g/mol. The summed E-state index contributed by atoms with van der Waals surface area (Å²) in [7, 11) is 0. The van der Waals surface area contributed by atoms with Crippen molar-refractivity contribution >= 4 is 23.2 Å². The number of halogens is 2. The van der Waals surface area contributed by atoms with E-state index < -0.39 is 0 Å². The SMILES string of the molecule is Nc1ccc(Cl)cc1OCC(=O)N1C2CCC1CN(Cc1ccc(F)cc1)C2. The Morgan fingerprint density at radius 3 is 2.50 bits per heavy atom. The Morgan fingerprint density at radius 1 is 1.14 bits per heavy atom. The largest absolute Gasteiger partial charge is 0.482 e. The standard InChI is InChI=1S/C21H23ClFN3O2/c22-15-3-8-19(24)20(9-15)28-13-21(27)26-17-6-7-18(26)12-25(11-17)10-14-1-4-16(23)5-2-14/h1-5,8-9,17-18H,6-7,10-13,24H2. The van der Waals surface area contributed by atoms with Crippen LogP contribution in [0.15, 0.2) is 42.5 Å². The summed E-state index contributed by atoms with van der Waals surface area (Å²) in [5, 5.41) is 0.520. The molecule has 1 amide bonds. The number of carbonyl (C=O) groups excluding carboxylic acids is 1. The lowest BCUT2D eigenvalue weighted by atomic mass is 10.1. The zero-order valence-corrected chi connectivity index (χ0v) is 16.2. The lowest BCUT2D eigenvalue weighted by molar-refractivity contribution is -0.139. The number of carbonyl (C=O) groups is 1. The van der Waals surface area contributed by atoms with Gasteiger partial charge >= 0.3 is 0 Å². The van der Waals surface area contributed by atoms with Gasteiger partial charge < -0.3 is 15.4 Å². The first-order valence-corrected chi connectivity index (χ1v) is 9.83. The second kappa shape index (κ2) is 7.97. The number of hydrogen-bond donors (Lipinski definition) is 1. The van der Waals surface area contributed by atoms with E-state index in [1.54, 1.807) is 18.2 Å². The van der Waals surface area contributed by atoms with Crippen molar-refractivity contribution in [3.05, 3.63) is 58.9 Å². The molecule has 2 aromatic carbocycles. The van der Waals surface area contributed by atoms with Gasteiger partial charge in [-0.15, -0.1) is 0 Å². The highest BCUT2D eigenvalue weighted by molar-refractivity contribution is 6.30. The van der Waals surface area contributed by atoms with Gasteiger partial charge in [-0.05, 0) is 42.7 Å². The lowest BCUT2D eigenvalue weighted by Gasteiger charge is -2.41. The Hall–Kier alpha value is -2.31. The van der Waals surface area contributed by atoms with Crippen LogP contribution >= 0.6 is 11.6 Å². The van der Waals surface area contributed by atoms with Gasteiger partial charge in [0.15, 0.2) is 6.61 Å². The summed E-state index contributed by atoms with van der Waals surface area (Å²) in [6.45, 7) is 2.36. The summed E-state index contributed by atoms with van der Waals surface area (Å²) in [4.78, 5) is 17.1. The number of amides is 1. The van der Waals surface area contributed by atoms with Crippen LogP contribution in [0.1, 0.15) is 18.4 Å². The molecule has 0 saturated carbocycles. The number of anilines is 1. The molecule has 2 saturated heterocycles. The number of hydrogen-bond acceptors (Lipinski definition) is 4. The number of nitrogen functional groups attached to an aromatic ring is 1. The van der Waals surface area contributed by atoms with E-state index in [4.69, 9.17) is 22.1 Å². The smallest absolute Gasteiger partial charge is 0.261 e. The topological polar surface area (TPSA) is 58.8 Å². The van der Waals surface area contributed by atoms with Crippen LogP contribution in [0.2, 0.25) is 5.02 Å². The van der Waals surface area contributed by atoms with Gasteiger partial charge in [0.25, 0.3) is 5.91 Å². The number of piperazine rings is 1. The predicted molar refractivity (Wildman–Crippen MR) is 107 cm³/mol. The van der Waals surface area contributed by atoms with E-state index in [-0.39, 0.29) is 30.4 Å². The molecule has 2 aliphatic heterocycles. The molecule has 0 spiro atoms. The molecule has 2 unspecified atom stereocenters. The maximum Gasteiger partial charge on any atom is 0.261 e. The second-order valence-corrected chi connectivity index (χ2v) is 7.91. The van der Waals surface area contributed by atoms with Crippen LogP contribution in [0, 0.1) is 5.82 Å². The van der Waals surface area contributed by atoms with Crippen molar-refractivity contribution in [1.29, 1.82) is 0 Å². The highest BCUT2D eigenvalue weighted by Crippen LogP contribution is 2.31. The van der Waals surface area contributed by atoms with E-state index in [1.807, 2.05) is 17.0 Å². The van der Waals surface area contributed by atoms with Crippen molar-refractivity contribution in [3.8, 4) is 5.75 Å². The average Bonchev–Trinajstić information content (AvgIpc) is 2.95. The highest BCUT2D eigenvalue weighted by Gasteiger charge is 2.42. The van der Waals surface area contributed by atoms with Crippen LogP contribution in [0.3, 0.4) is 0 Å². The molecule has 28 heavy (non-hydrogen) atoms. The number of ether oxygens (including phenoxy) is 1. The van der Waals surface area contributed by atoms with Crippen LogP contribution < -0.4 is 10.5 Å². The van der Waals surface area contributed by atoms with Crippen molar-refractivity contribution in [2.75, 3.05) is 25.4 Å². The van der Waals surface area contributed by atoms with Crippen LogP contribution in [-0.4, -0.2) is 47.5 Å². The molecule has 0 aromatic heterocycles. The Kier molecular flexibility index (Phi) is 5.42. The molecule has 2 heterocycles. The molecular weight excluding hydrogens is 381 g/mol. The van der Waals surface area contributed by atoms with E-state index in [9.17, 15) is 9.18 Å². The summed E-state index contributed by atoms with van der Waals surface area (Å²) >= 11 is 5.97. The summed E-state index contributed by atoms with van der Waals surface area (Å²) in [6.07, 6.45) is 1.99. The molecule has 4 rings (SSSR count). The van der Waals surface area contributed by atoms with E-state index >= 15 is 0 Å². The molecule has 148 valence electrons. The fraction of sp³-hybridized carbons (Fsp3) is 0.381. The Balaban J connectivity index is 1.35. The van der Waals surface area contributed by atoms with Gasteiger partial charge in [0.05, 0.1) is 5.69 Å². The average molecular weight is 404 g/mol. The van der Waals surface area contributed by atoms with Crippen LogP contribution in [-0.2, 0) is 11.3 Å². The lowest BCUT2D eigenvalue weighted by Crippen LogP contribution is -2.56. The van der Waals surface area contributed by atoms with Crippen molar-refractivity contribution in [2.45, 2.75) is 31.5 Å². The van der Waals surface area contributed by atoms with Gasteiger partial charge in [0, 0.05) is 42.8 Å². The third kappa shape index (κ3) is 4.08. The first-order chi connectivity index (χ1) is 13.5. The van der Waals surface area contributed by atoms with Crippen molar-refractivity contribution in [2.24, 2.45) is 0 Å². The molecule has 7 heteroatoms. The van der Waals surface area contributed by atoms with Crippen molar-refractivity contribution in [3.63, 3.8) is 0 Å². The van der Waals surface area contributed by atoms with E-state index in [2.05, 4.69) is 4.90 Å². The van der Waals surface area contributed by atoms with Crippen LogP contribution in [0.25, 0.3) is 0 Å². The number of nitrogens with zero attached hydrogens (tertiary/aromatic N) is 2. The highest BCUT2D eigenvalue weighted by atomic mass is 35.5. The molecule has 0 radical (unpaired) electrons. The van der Waals surface area contributed by atoms with Crippen LogP contribution in [0.4, 0.5) is 10.1 Å². The zero-order valence-electron chi connectivity index (χ0n) is 15.5. The van der Waals surface area contributed by atoms with Gasteiger partial charge in [0.1, 0.15) is 11.6 Å². The first-order valence-electron chi connectivity index (χ1n) is 9.45. The third-order valence-corrected chi connectivity index (χ3v) is 5.73. The number of nitrogens with two attached hydrogens (primary N) is 1. The molecule has 2 aliphatic rings. The molecule has 2 N–H and O–H groups in total. The van der Waals surface area contributed by atoms with Gasteiger partial charge in [-0.1, -0.05) is 23.7 Å². The maximum absolute atomic E-state index is 13.1. The van der Waals surface area contributed by atoms with E-state index in [0.29, 0.717) is 16.5 Å². The minimum Gasteiger partial charge on any atom is -0.482 e. The van der Waals surface area contributed by atoms with Crippen molar-refractivity contribution < 1.29 is 13.9 Å². The zero-order chi connectivity index (χ0) is 19.7. The van der Waals surface area contributed by atoms with E-state index in [0.717, 1.165) is 38.0 Å². The van der Waals surface area contributed by atoms with Crippen molar-refractivity contribution in [1.82, 2.24) is 9.80 Å². The predicted octanol–water partition coefficient (Wildman–Crippen LogP) is 3.32. The Morgan fingerprint density at radius 2 is 1.82 bits per heavy atom. The summed E-state index contributed by atoms with van der Waals surface area (Å²) in [5.41, 5.74) is 7.43. The quantitative estimate of drug-likeness (QED) is 0.778. The normalized spacial score (nSPS) is 21.7. The number of likely N-dealkylation sites (tertiary alicyclic amines) is 1. The third-order valence-electron chi connectivity index (χ3n) is 5.49.